The van der Waals surface area contributed by atoms with Gasteiger partial charge in [0, 0.05) is 19.1 Å². The molecule has 2 N–H and O–H groups in total. The third-order valence-corrected chi connectivity index (χ3v) is 7.91. The van der Waals surface area contributed by atoms with Gasteiger partial charge in [-0.25, -0.2) is 17.2 Å². The average Bonchev–Trinajstić information content (AvgIpc) is 2.75. The van der Waals surface area contributed by atoms with Gasteiger partial charge in [-0.15, -0.1) is 0 Å². The molecule has 8 heteroatoms. The van der Waals surface area contributed by atoms with Crippen molar-refractivity contribution in [3.8, 4) is 6.07 Å². The Kier molecular flexibility index (Phi) is 6.86. The molecule has 1 atom stereocenters. The second-order valence-corrected chi connectivity index (χ2v) is 9.83. The van der Waals surface area contributed by atoms with Gasteiger partial charge in [-0.05, 0) is 86.1 Å². The van der Waals surface area contributed by atoms with Crippen molar-refractivity contribution in [3.63, 3.8) is 0 Å². The number of halogens is 2. The second kappa shape index (κ2) is 9.21. The van der Waals surface area contributed by atoms with Crippen LogP contribution in [0.15, 0.2) is 47.4 Å². The maximum absolute atomic E-state index is 13.9. The number of nitriles is 1. The molecule has 0 radical (unpaired) electrons. The first-order chi connectivity index (χ1) is 14.2. The van der Waals surface area contributed by atoms with Gasteiger partial charge in [-0.1, -0.05) is 0 Å². The first-order valence-electron chi connectivity index (χ1n) is 9.90. The van der Waals surface area contributed by atoms with Crippen LogP contribution in [0.5, 0.6) is 0 Å². The number of hydrogen-bond donors (Lipinski definition) is 1. The van der Waals surface area contributed by atoms with E-state index in [1.807, 2.05) is 6.07 Å². The fraction of sp³-hybridized carbons (Fsp3) is 0.409. The Morgan fingerprint density at radius 2 is 1.77 bits per heavy atom. The SMILES string of the molecule is CN(C1CCC([C@H](N)Cc2cc(F)ccc2F)CC1)S(=O)(=O)c1ccc(C#N)cc1. The number of hydrogen-bond acceptors (Lipinski definition) is 4. The normalized spacial score (nSPS) is 20.7. The van der Waals surface area contributed by atoms with Crippen LogP contribution >= 0.6 is 0 Å². The van der Waals surface area contributed by atoms with E-state index in [-0.39, 0.29) is 34.9 Å². The molecule has 1 fully saturated rings. The highest BCUT2D eigenvalue weighted by Crippen LogP contribution is 2.32. The molecule has 1 saturated carbocycles. The minimum Gasteiger partial charge on any atom is -0.327 e. The van der Waals surface area contributed by atoms with Gasteiger partial charge < -0.3 is 5.73 Å². The van der Waals surface area contributed by atoms with E-state index < -0.39 is 21.7 Å². The lowest BCUT2D eigenvalue weighted by molar-refractivity contribution is 0.214. The number of nitrogens with zero attached hydrogens (tertiary/aromatic N) is 2. The summed E-state index contributed by atoms with van der Waals surface area (Å²) in [7, 11) is -2.09. The monoisotopic (exact) mass is 433 g/mol. The lowest BCUT2D eigenvalue weighted by atomic mass is 9.80. The first kappa shape index (κ1) is 22.3. The Hall–Kier alpha value is -2.34. The van der Waals surface area contributed by atoms with E-state index in [0.29, 0.717) is 18.4 Å². The van der Waals surface area contributed by atoms with Crippen molar-refractivity contribution in [2.24, 2.45) is 11.7 Å². The van der Waals surface area contributed by atoms with Gasteiger partial charge in [-0.2, -0.15) is 9.57 Å². The molecule has 0 unspecified atom stereocenters. The molecule has 0 aromatic heterocycles. The van der Waals surface area contributed by atoms with Crippen molar-refractivity contribution in [1.29, 1.82) is 5.26 Å². The van der Waals surface area contributed by atoms with Crippen LogP contribution in [-0.2, 0) is 16.4 Å². The van der Waals surface area contributed by atoms with Crippen LogP contribution in [0.1, 0.15) is 36.8 Å². The topological polar surface area (TPSA) is 87.2 Å². The Morgan fingerprint density at radius 1 is 1.13 bits per heavy atom. The molecular weight excluding hydrogens is 408 g/mol. The molecule has 160 valence electrons. The Morgan fingerprint density at radius 3 is 2.37 bits per heavy atom. The molecule has 5 nitrogen and oxygen atoms in total. The van der Waals surface area contributed by atoms with Crippen LogP contribution in [-0.4, -0.2) is 31.9 Å². The largest absolute Gasteiger partial charge is 0.327 e. The highest BCUT2D eigenvalue weighted by Gasteiger charge is 2.33. The lowest BCUT2D eigenvalue weighted by Crippen LogP contribution is -2.42. The smallest absolute Gasteiger partial charge is 0.243 e. The molecule has 3 rings (SSSR count). The van der Waals surface area contributed by atoms with Crippen LogP contribution in [0.25, 0.3) is 0 Å². The molecule has 0 aliphatic heterocycles. The quantitative estimate of drug-likeness (QED) is 0.754. The summed E-state index contributed by atoms with van der Waals surface area (Å²) in [6.07, 6.45) is 2.98. The van der Waals surface area contributed by atoms with E-state index in [0.717, 1.165) is 25.0 Å². The lowest BCUT2D eigenvalue weighted by Gasteiger charge is -2.36. The third-order valence-electron chi connectivity index (χ3n) is 5.98. The van der Waals surface area contributed by atoms with Gasteiger partial charge in [0.2, 0.25) is 10.0 Å². The van der Waals surface area contributed by atoms with E-state index in [9.17, 15) is 17.2 Å². The van der Waals surface area contributed by atoms with Crippen molar-refractivity contribution in [3.05, 3.63) is 65.2 Å². The third kappa shape index (κ3) is 4.86. The summed E-state index contributed by atoms with van der Waals surface area (Å²) in [5.41, 5.74) is 6.95. The fourth-order valence-corrected chi connectivity index (χ4v) is 5.49. The van der Waals surface area contributed by atoms with E-state index in [1.165, 1.54) is 34.6 Å². The molecule has 2 aromatic carbocycles. The van der Waals surface area contributed by atoms with Crippen molar-refractivity contribution in [1.82, 2.24) is 4.31 Å². The summed E-state index contributed by atoms with van der Waals surface area (Å²) in [6.45, 7) is 0. The van der Waals surface area contributed by atoms with E-state index in [4.69, 9.17) is 11.0 Å². The predicted molar refractivity (Wildman–Crippen MR) is 110 cm³/mol. The zero-order chi connectivity index (χ0) is 21.9. The Bertz CT molecular complexity index is 1030. The standard InChI is InChI=1S/C22H25F2N3O2S/c1-27(30(28,29)20-9-2-15(14-25)3-10-20)19-7-4-16(5-8-19)22(26)13-17-12-18(23)6-11-21(17)24/h2-3,6,9-12,16,19,22H,4-5,7-8,13,26H2,1H3/t16?,19?,22-/m1/s1. The highest BCUT2D eigenvalue weighted by molar-refractivity contribution is 7.89. The summed E-state index contributed by atoms with van der Waals surface area (Å²) in [5, 5.41) is 8.88. The number of rotatable bonds is 6. The number of nitrogens with two attached hydrogens (primary N) is 1. The van der Waals surface area contributed by atoms with Gasteiger partial charge in [0.1, 0.15) is 11.6 Å². The minimum atomic E-state index is -3.66. The fourth-order valence-electron chi connectivity index (χ4n) is 4.08. The van der Waals surface area contributed by atoms with Crippen LogP contribution in [0, 0.1) is 28.9 Å². The van der Waals surface area contributed by atoms with Crippen LogP contribution < -0.4 is 5.73 Å². The molecule has 0 spiro atoms. The summed E-state index contributed by atoms with van der Waals surface area (Å²) >= 11 is 0. The number of benzene rings is 2. The predicted octanol–water partition coefficient (Wildman–Crippen LogP) is 3.59. The maximum Gasteiger partial charge on any atom is 0.243 e. The summed E-state index contributed by atoms with van der Waals surface area (Å²) in [6, 6.07) is 10.7. The number of sulfonamides is 1. The average molecular weight is 434 g/mol. The van der Waals surface area contributed by atoms with Crippen LogP contribution in [0.2, 0.25) is 0 Å². The molecule has 2 aromatic rings. The van der Waals surface area contributed by atoms with Crippen LogP contribution in [0.4, 0.5) is 8.78 Å². The molecule has 1 aliphatic carbocycles. The highest BCUT2D eigenvalue weighted by atomic mass is 32.2. The molecule has 0 amide bonds. The minimum absolute atomic E-state index is 0.120. The first-order valence-corrected chi connectivity index (χ1v) is 11.3. The summed E-state index contributed by atoms with van der Waals surface area (Å²) in [4.78, 5) is 0.157. The zero-order valence-corrected chi connectivity index (χ0v) is 17.6. The maximum atomic E-state index is 13.9. The van der Waals surface area contributed by atoms with E-state index >= 15 is 0 Å². The van der Waals surface area contributed by atoms with Gasteiger partial charge in [0.05, 0.1) is 16.5 Å². The Labute approximate surface area is 176 Å². The second-order valence-electron chi connectivity index (χ2n) is 7.83. The molecule has 0 saturated heterocycles. The van der Waals surface area contributed by atoms with Crippen molar-refractivity contribution < 1.29 is 17.2 Å². The zero-order valence-electron chi connectivity index (χ0n) is 16.8. The van der Waals surface area contributed by atoms with Gasteiger partial charge in [-0.3, -0.25) is 0 Å². The molecular formula is C22H25F2N3O2S. The van der Waals surface area contributed by atoms with Crippen LogP contribution in [0.3, 0.4) is 0 Å². The Balaban J connectivity index is 1.61. The summed E-state index contributed by atoms with van der Waals surface area (Å²) < 4.78 is 54.5. The van der Waals surface area contributed by atoms with Gasteiger partial charge in [0.15, 0.2) is 0 Å². The van der Waals surface area contributed by atoms with Gasteiger partial charge >= 0.3 is 0 Å². The molecule has 0 heterocycles. The molecule has 0 bridgehead atoms. The summed E-state index contributed by atoms with van der Waals surface area (Å²) in [5.74, 6) is -0.833. The van der Waals surface area contributed by atoms with E-state index in [2.05, 4.69) is 0 Å². The molecule has 30 heavy (non-hydrogen) atoms. The van der Waals surface area contributed by atoms with Crippen molar-refractivity contribution in [2.75, 3.05) is 7.05 Å². The van der Waals surface area contributed by atoms with Crippen molar-refractivity contribution in [2.45, 2.75) is 49.1 Å². The van der Waals surface area contributed by atoms with Crippen molar-refractivity contribution >= 4 is 10.0 Å². The molecule has 1 aliphatic rings. The van der Waals surface area contributed by atoms with E-state index in [1.54, 1.807) is 7.05 Å². The van der Waals surface area contributed by atoms with Gasteiger partial charge in [0.25, 0.3) is 0 Å².